The van der Waals surface area contributed by atoms with E-state index >= 15 is 0 Å². The van der Waals surface area contributed by atoms with Crippen molar-refractivity contribution in [2.24, 2.45) is 4.99 Å². The molecule has 0 aromatic carbocycles. The normalized spacial score (nSPS) is 18.9. The second-order valence-corrected chi connectivity index (χ2v) is 13.9. The van der Waals surface area contributed by atoms with Crippen LogP contribution in [-0.2, 0) is 45.3 Å². The highest BCUT2D eigenvalue weighted by Gasteiger charge is 2.30. The Morgan fingerprint density at radius 3 is 1.88 bits per heavy atom. The zero-order valence-electron chi connectivity index (χ0n) is 33.3. The fourth-order valence-electron chi connectivity index (χ4n) is 7.24. The van der Waals surface area contributed by atoms with Gasteiger partial charge in [-0.3, -0.25) is 19.3 Å². The maximum atomic E-state index is 5.79. The van der Waals surface area contributed by atoms with Crippen LogP contribution < -0.4 is 30.7 Å². The van der Waals surface area contributed by atoms with E-state index in [4.69, 9.17) is 54.1 Å². The summed E-state index contributed by atoms with van der Waals surface area (Å²) < 4.78 is 26.7. The molecule has 0 radical (unpaired) electrons. The standard InChI is InChI=1S/C36H55N15O4.ClH/c1-7-54-17-15-50-31-29(26(45-50)21-52-5)41-35(47-13-11-38-24(3)19-47)43-33(31)40-28-9-10-37-23-49(28)34-32-30(27(22-53-6)46-51(32)16-18-55-8-2)42-36(44-34)48-14-12-39-25(4)20-48;/h9-10,24-25,38-39H,7-8,11-23H2,1-6H3,(H,40,41,43);1H/t24-,25-;/m1./s1. The Labute approximate surface area is 333 Å². The molecule has 306 valence electrons. The molecule has 3 aliphatic rings. The fraction of sp³-hybridized carbons (Fsp3) is 0.639. The van der Waals surface area contributed by atoms with Crippen molar-refractivity contribution in [2.75, 3.05) is 107 Å². The number of halogens is 1. The number of fused-ring (bicyclic) bond motifs is 2. The topological polar surface area (TPSA) is 182 Å². The first kappa shape index (κ1) is 41.4. The van der Waals surface area contributed by atoms with Crippen LogP contribution in [0.3, 0.4) is 0 Å². The van der Waals surface area contributed by atoms with Gasteiger partial charge in [0, 0.05) is 85.0 Å². The predicted molar refractivity (Wildman–Crippen MR) is 219 cm³/mol. The van der Waals surface area contributed by atoms with Gasteiger partial charge in [0.25, 0.3) is 0 Å². The minimum absolute atomic E-state index is 0. The maximum absolute atomic E-state index is 5.79. The molecule has 4 aromatic heterocycles. The Bertz CT molecular complexity index is 1990. The predicted octanol–water partition coefficient (Wildman–Crippen LogP) is 2.15. The van der Waals surface area contributed by atoms with Crippen molar-refractivity contribution < 1.29 is 18.9 Å². The number of piperazine rings is 2. The van der Waals surface area contributed by atoms with Crippen molar-refractivity contribution in [1.29, 1.82) is 0 Å². The molecule has 3 aliphatic heterocycles. The molecule has 0 bridgehead atoms. The van der Waals surface area contributed by atoms with Gasteiger partial charge in [0.2, 0.25) is 11.9 Å². The summed E-state index contributed by atoms with van der Waals surface area (Å²) in [5.41, 5.74) is 4.46. The van der Waals surface area contributed by atoms with Gasteiger partial charge in [0.1, 0.15) is 45.9 Å². The molecule has 20 heteroatoms. The summed E-state index contributed by atoms with van der Waals surface area (Å²) in [6.45, 7) is 17.2. The molecule has 0 unspecified atom stereocenters. The van der Waals surface area contributed by atoms with Crippen LogP contribution in [-0.4, -0.2) is 144 Å². The smallest absolute Gasteiger partial charge is 0.228 e. The van der Waals surface area contributed by atoms with Gasteiger partial charge in [-0.15, -0.1) is 12.4 Å². The molecule has 0 spiro atoms. The van der Waals surface area contributed by atoms with Crippen LogP contribution in [0.2, 0.25) is 0 Å². The Balaban J connectivity index is 0.00000532. The van der Waals surface area contributed by atoms with Crippen molar-refractivity contribution >= 4 is 64.2 Å². The largest absolute Gasteiger partial charge is 0.380 e. The number of nitrogens with zero attached hydrogens (tertiary/aromatic N) is 12. The third-order valence-electron chi connectivity index (χ3n) is 9.79. The summed E-state index contributed by atoms with van der Waals surface area (Å²) in [6, 6.07) is 0.567. The number of rotatable bonds is 17. The van der Waals surface area contributed by atoms with E-state index in [-0.39, 0.29) is 24.5 Å². The number of allylic oxidation sites excluding steroid dienone is 1. The third kappa shape index (κ3) is 8.98. The van der Waals surface area contributed by atoms with E-state index in [1.807, 2.05) is 29.3 Å². The fourth-order valence-corrected chi connectivity index (χ4v) is 7.24. The van der Waals surface area contributed by atoms with Crippen LogP contribution in [0.5, 0.6) is 0 Å². The Kier molecular flexibility index (Phi) is 14.2. The van der Waals surface area contributed by atoms with Gasteiger partial charge < -0.3 is 44.7 Å². The lowest BCUT2D eigenvalue weighted by Crippen LogP contribution is -2.50. The first-order valence-corrected chi connectivity index (χ1v) is 19.3. The molecule has 7 heterocycles. The highest BCUT2D eigenvalue weighted by Crippen LogP contribution is 2.34. The second kappa shape index (κ2) is 19.3. The first-order chi connectivity index (χ1) is 26.9. The minimum atomic E-state index is 0. The van der Waals surface area contributed by atoms with Crippen LogP contribution in [0.25, 0.3) is 22.1 Å². The summed E-state index contributed by atoms with van der Waals surface area (Å²) in [7, 11) is 3.34. The van der Waals surface area contributed by atoms with Crippen LogP contribution in [0, 0.1) is 0 Å². The second-order valence-electron chi connectivity index (χ2n) is 13.9. The lowest BCUT2D eigenvalue weighted by atomic mass is 10.2. The summed E-state index contributed by atoms with van der Waals surface area (Å²) in [5, 5.41) is 20.8. The van der Waals surface area contributed by atoms with Crippen molar-refractivity contribution in [3.8, 4) is 0 Å². The molecule has 2 saturated heterocycles. The third-order valence-corrected chi connectivity index (χ3v) is 9.79. The Morgan fingerprint density at radius 1 is 0.768 bits per heavy atom. The molecule has 19 nitrogen and oxygen atoms in total. The average molecular weight is 798 g/mol. The number of nitrogens with one attached hydrogen (secondary N) is 3. The van der Waals surface area contributed by atoms with Crippen molar-refractivity contribution in [3.63, 3.8) is 0 Å². The molecule has 2 fully saturated rings. The van der Waals surface area contributed by atoms with E-state index in [1.165, 1.54) is 0 Å². The molecule has 0 amide bonds. The molecule has 4 aromatic rings. The highest BCUT2D eigenvalue weighted by molar-refractivity contribution is 5.94. The lowest BCUT2D eigenvalue weighted by molar-refractivity contribution is 0.136. The molecular weight excluding hydrogens is 742 g/mol. The number of anilines is 4. The van der Waals surface area contributed by atoms with E-state index in [0.29, 0.717) is 82.9 Å². The molecule has 7 rings (SSSR count). The number of methoxy groups -OCH3 is 2. The molecule has 3 N–H and O–H groups in total. The van der Waals surface area contributed by atoms with E-state index < -0.39 is 0 Å². The summed E-state index contributed by atoms with van der Waals surface area (Å²) in [4.78, 5) is 32.0. The first-order valence-electron chi connectivity index (χ1n) is 19.3. The SMILES string of the molecule is CCOCCn1nc(COC)c2nc(N3CCN[C@H](C)C3)nc(NC3=CC=NCN3c3nc(N4CCN[C@H](C)C4)nc4c(COC)nn(CCOCC)c34)c21.Cl. The zero-order valence-corrected chi connectivity index (χ0v) is 34.1. The van der Waals surface area contributed by atoms with Gasteiger partial charge in [-0.1, -0.05) is 0 Å². The van der Waals surface area contributed by atoms with Gasteiger partial charge >= 0.3 is 0 Å². The number of ether oxygens (including phenoxy) is 4. The number of hydrogen-bond acceptors (Lipinski definition) is 17. The quantitative estimate of drug-likeness (QED) is 0.132. The van der Waals surface area contributed by atoms with Crippen molar-refractivity contribution in [1.82, 2.24) is 50.1 Å². The van der Waals surface area contributed by atoms with Gasteiger partial charge in [0.15, 0.2) is 11.6 Å². The summed E-state index contributed by atoms with van der Waals surface area (Å²) in [5.74, 6) is 3.25. The molecular formula is C36H56ClN15O4. The van der Waals surface area contributed by atoms with Crippen LogP contribution in [0.4, 0.5) is 23.5 Å². The van der Waals surface area contributed by atoms with E-state index in [1.54, 1.807) is 20.4 Å². The summed E-state index contributed by atoms with van der Waals surface area (Å²) >= 11 is 0. The van der Waals surface area contributed by atoms with Crippen molar-refractivity contribution in [3.05, 3.63) is 23.3 Å². The maximum Gasteiger partial charge on any atom is 0.228 e. The van der Waals surface area contributed by atoms with Gasteiger partial charge in [-0.25, -0.2) is 9.97 Å². The van der Waals surface area contributed by atoms with Crippen LogP contribution in [0.1, 0.15) is 39.1 Å². The van der Waals surface area contributed by atoms with Gasteiger partial charge in [0.05, 0.1) is 39.5 Å². The molecule has 2 atom stereocenters. The van der Waals surface area contributed by atoms with E-state index in [9.17, 15) is 0 Å². The monoisotopic (exact) mass is 797 g/mol. The highest BCUT2D eigenvalue weighted by atomic mass is 35.5. The van der Waals surface area contributed by atoms with Gasteiger partial charge in [-0.2, -0.15) is 20.2 Å². The number of aromatic nitrogens is 8. The number of aliphatic imine (C=N–C) groups is 1. The van der Waals surface area contributed by atoms with E-state index in [0.717, 1.165) is 78.5 Å². The average Bonchev–Trinajstić information content (AvgIpc) is 3.72. The minimum Gasteiger partial charge on any atom is -0.380 e. The molecule has 0 saturated carbocycles. The Hall–Kier alpha value is -4.24. The molecule has 56 heavy (non-hydrogen) atoms. The summed E-state index contributed by atoms with van der Waals surface area (Å²) in [6.07, 6.45) is 3.75. The van der Waals surface area contributed by atoms with Crippen LogP contribution >= 0.6 is 12.4 Å². The van der Waals surface area contributed by atoms with Crippen LogP contribution in [0.15, 0.2) is 16.9 Å². The van der Waals surface area contributed by atoms with Gasteiger partial charge in [-0.05, 0) is 33.8 Å². The lowest BCUT2D eigenvalue weighted by Gasteiger charge is -2.33. The Morgan fingerprint density at radius 2 is 1.32 bits per heavy atom. The van der Waals surface area contributed by atoms with Crippen molar-refractivity contribution in [2.45, 2.75) is 66.1 Å². The number of hydrogen-bond donors (Lipinski definition) is 3. The zero-order chi connectivity index (χ0) is 38.3. The van der Waals surface area contributed by atoms with E-state index in [2.05, 4.69) is 44.5 Å². The molecule has 0 aliphatic carbocycles.